The van der Waals surface area contributed by atoms with E-state index in [-0.39, 0.29) is 23.2 Å². The second-order valence-electron chi connectivity index (χ2n) is 12.3. The molecule has 3 aromatic carbocycles. The first-order valence-corrected chi connectivity index (χ1v) is 17.6. The van der Waals surface area contributed by atoms with E-state index < -0.39 is 17.6 Å². The molecule has 0 heterocycles. The molecular weight excluding hydrogens is 594 g/mol. The Hall–Kier alpha value is -3.85. The fraction of sp³-hybridized carbons (Fsp3) is 0.488. The van der Waals surface area contributed by atoms with Crippen molar-refractivity contribution >= 4 is 5.97 Å². The Labute approximate surface area is 281 Å². The van der Waals surface area contributed by atoms with Crippen molar-refractivity contribution in [1.82, 2.24) is 0 Å². The van der Waals surface area contributed by atoms with Crippen LogP contribution in [-0.2, 0) is 0 Å². The normalized spacial score (nSPS) is 11.4. The Kier molecular flexibility index (Phi) is 17.5. The van der Waals surface area contributed by atoms with Crippen molar-refractivity contribution in [2.45, 2.75) is 123 Å². The zero-order chi connectivity index (χ0) is 33.7. The average Bonchev–Trinajstić information content (AvgIpc) is 3.07. The lowest BCUT2D eigenvalue weighted by molar-refractivity contribution is 0.0734. The highest BCUT2D eigenvalue weighted by Gasteiger charge is 2.13. The van der Waals surface area contributed by atoms with Crippen molar-refractivity contribution in [3.05, 3.63) is 89.0 Å². The SMILES string of the molecule is CCCCCCCCCCCCOc1ccc(C(=O)Oc2ccc(C#Cc3ccc(O[C@@H](C)CCCCCC)c(F)c3)cc2)cc1F. The second kappa shape index (κ2) is 21.9. The number of benzene rings is 3. The summed E-state index contributed by atoms with van der Waals surface area (Å²) in [5.74, 6) is 4.92. The number of carbonyl (C=O) groups excluding carboxylic acids is 1. The second-order valence-corrected chi connectivity index (χ2v) is 12.3. The molecule has 0 aromatic heterocycles. The summed E-state index contributed by atoms with van der Waals surface area (Å²) in [7, 11) is 0. The van der Waals surface area contributed by atoms with Crippen molar-refractivity contribution in [3.8, 4) is 29.1 Å². The van der Waals surface area contributed by atoms with Gasteiger partial charge in [-0.3, -0.25) is 0 Å². The van der Waals surface area contributed by atoms with Gasteiger partial charge in [0.1, 0.15) is 5.75 Å². The lowest BCUT2D eigenvalue weighted by Gasteiger charge is -2.15. The van der Waals surface area contributed by atoms with Gasteiger partial charge in [0.15, 0.2) is 23.1 Å². The smallest absolute Gasteiger partial charge is 0.343 e. The highest BCUT2D eigenvalue weighted by molar-refractivity contribution is 5.91. The minimum atomic E-state index is -0.669. The number of ether oxygens (including phenoxy) is 3. The van der Waals surface area contributed by atoms with Crippen LogP contribution in [0.2, 0.25) is 0 Å². The number of rotatable bonds is 21. The maximum atomic E-state index is 14.6. The molecule has 0 N–H and O–H groups in total. The average molecular weight is 647 g/mol. The van der Waals surface area contributed by atoms with Crippen LogP contribution in [0.4, 0.5) is 8.78 Å². The molecule has 3 aromatic rings. The van der Waals surface area contributed by atoms with Crippen LogP contribution in [0, 0.1) is 23.5 Å². The number of unbranched alkanes of at least 4 members (excludes halogenated alkanes) is 12. The molecule has 0 amide bonds. The highest BCUT2D eigenvalue weighted by Crippen LogP contribution is 2.23. The van der Waals surface area contributed by atoms with Gasteiger partial charge in [-0.2, -0.15) is 0 Å². The summed E-state index contributed by atoms with van der Waals surface area (Å²) in [5.41, 5.74) is 1.29. The summed E-state index contributed by atoms with van der Waals surface area (Å²) in [6.45, 7) is 6.81. The lowest BCUT2D eigenvalue weighted by atomic mass is 10.1. The zero-order valence-electron chi connectivity index (χ0n) is 28.6. The standard InChI is InChI=1S/C41H52F2O4/c1-4-6-8-10-11-12-13-14-15-17-29-45-39-28-24-35(31-38(39)43)41(44)47-36-25-21-33(22-26-36)19-20-34-23-27-40(37(42)30-34)46-32(3)18-16-9-7-5-2/h21-28,30-32H,4-18,29H2,1-3H3/t32-/m0/s1. The van der Waals surface area contributed by atoms with E-state index in [0.29, 0.717) is 23.5 Å². The third kappa shape index (κ3) is 14.6. The van der Waals surface area contributed by atoms with Crippen LogP contribution in [0.25, 0.3) is 0 Å². The summed E-state index contributed by atoms with van der Waals surface area (Å²) >= 11 is 0. The molecule has 47 heavy (non-hydrogen) atoms. The van der Waals surface area contributed by atoms with E-state index in [1.54, 1.807) is 36.4 Å². The Bertz CT molecular complexity index is 1410. The predicted octanol–water partition coefficient (Wildman–Crippen LogP) is 11.6. The molecule has 0 saturated carbocycles. The van der Waals surface area contributed by atoms with Gasteiger partial charge in [-0.05, 0) is 86.8 Å². The van der Waals surface area contributed by atoms with E-state index in [1.165, 1.54) is 82.4 Å². The lowest BCUT2D eigenvalue weighted by Crippen LogP contribution is -2.12. The molecule has 0 spiro atoms. The van der Waals surface area contributed by atoms with Crippen molar-refractivity contribution in [1.29, 1.82) is 0 Å². The van der Waals surface area contributed by atoms with Gasteiger partial charge in [0.2, 0.25) is 0 Å². The number of hydrogen-bond acceptors (Lipinski definition) is 4. The molecule has 0 radical (unpaired) electrons. The van der Waals surface area contributed by atoms with Gasteiger partial charge in [-0.1, -0.05) is 103 Å². The van der Waals surface area contributed by atoms with Crippen molar-refractivity contribution in [2.75, 3.05) is 6.61 Å². The summed E-state index contributed by atoms with van der Waals surface area (Å²) in [6.07, 6.45) is 17.6. The van der Waals surface area contributed by atoms with E-state index in [4.69, 9.17) is 14.2 Å². The summed E-state index contributed by atoms with van der Waals surface area (Å²) in [5, 5.41) is 0. The van der Waals surface area contributed by atoms with E-state index >= 15 is 0 Å². The molecule has 0 fully saturated rings. The van der Waals surface area contributed by atoms with Gasteiger partial charge >= 0.3 is 5.97 Å². The number of carbonyl (C=O) groups is 1. The Balaban J connectivity index is 1.41. The molecule has 0 aliphatic heterocycles. The zero-order valence-corrected chi connectivity index (χ0v) is 28.6. The number of hydrogen-bond donors (Lipinski definition) is 0. The number of esters is 1. The molecule has 4 nitrogen and oxygen atoms in total. The summed E-state index contributed by atoms with van der Waals surface area (Å²) < 4.78 is 46.1. The first kappa shape index (κ1) is 37.6. The molecule has 1 atom stereocenters. The van der Waals surface area contributed by atoms with Crippen LogP contribution in [0.3, 0.4) is 0 Å². The van der Waals surface area contributed by atoms with Gasteiger partial charge in [-0.15, -0.1) is 0 Å². The maximum Gasteiger partial charge on any atom is 0.343 e. The van der Waals surface area contributed by atoms with Crippen LogP contribution in [0.15, 0.2) is 60.7 Å². The van der Waals surface area contributed by atoms with Crippen LogP contribution in [-0.4, -0.2) is 18.7 Å². The summed E-state index contributed by atoms with van der Waals surface area (Å²) in [4.78, 5) is 12.6. The molecule has 0 saturated heterocycles. The third-order valence-corrected chi connectivity index (χ3v) is 8.06. The van der Waals surface area contributed by atoms with Gasteiger partial charge in [0, 0.05) is 11.1 Å². The third-order valence-electron chi connectivity index (χ3n) is 8.06. The Morgan fingerprint density at radius 3 is 1.85 bits per heavy atom. The Morgan fingerprint density at radius 1 is 0.660 bits per heavy atom. The monoisotopic (exact) mass is 646 g/mol. The molecule has 0 bridgehead atoms. The van der Waals surface area contributed by atoms with E-state index in [2.05, 4.69) is 25.7 Å². The number of halogens is 2. The predicted molar refractivity (Wildman–Crippen MR) is 186 cm³/mol. The van der Waals surface area contributed by atoms with Gasteiger partial charge in [-0.25, -0.2) is 13.6 Å². The van der Waals surface area contributed by atoms with Crippen LogP contribution < -0.4 is 14.2 Å². The molecular formula is C41H52F2O4. The van der Waals surface area contributed by atoms with E-state index in [1.807, 2.05) is 6.92 Å². The molecule has 0 unspecified atom stereocenters. The molecule has 3 rings (SSSR count). The van der Waals surface area contributed by atoms with Crippen LogP contribution in [0.5, 0.6) is 17.2 Å². The minimum absolute atomic E-state index is 0.0534. The molecule has 0 aliphatic rings. The van der Waals surface area contributed by atoms with Crippen LogP contribution >= 0.6 is 0 Å². The maximum absolute atomic E-state index is 14.6. The van der Waals surface area contributed by atoms with Crippen LogP contribution in [0.1, 0.15) is 139 Å². The van der Waals surface area contributed by atoms with Gasteiger partial charge in [0.25, 0.3) is 0 Å². The largest absolute Gasteiger partial charge is 0.491 e. The summed E-state index contributed by atoms with van der Waals surface area (Å²) in [6, 6.07) is 15.5. The van der Waals surface area contributed by atoms with Gasteiger partial charge < -0.3 is 14.2 Å². The van der Waals surface area contributed by atoms with Gasteiger partial charge in [0.05, 0.1) is 18.3 Å². The van der Waals surface area contributed by atoms with E-state index in [9.17, 15) is 13.6 Å². The van der Waals surface area contributed by atoms with Crippen molar-refractivity contribution < 1.29 is 27.8 Å². The minimum Gasteiger partial charge on any atom is -0.491 e. The first-order chi connectivity index (χ1) is 22.9. The quantitative estimate of drug-likeness (QED) is 0.0500. The topological polar surface area (TPSA) is 44.8 Å². The molecule has 0 aliphatic carbocycles. The molecule has 6 heteroatoms. The van der Waals surface area contributed by atoms with E-state index in [0.717, 1.165) is 38.2 Å². The first-order valence-electron chi connectivity index (χ1n) is 17.6. The van der Waals surface area contributed by atoms with Crippen molar-refractivity contribution in [2.24, 2.45) is 0 Å². The highest BCUT2D eigenvalue weighted by atomic mass is 19.1. The van der Waals surface area contributed by atoms with Crippen molar-refractivity contribution in [3.63, 3.8) is 0 Å². The fourth-order valence-electron chi connectivity index (χ4n) is 5.24. The molecule has 254 valence electrons. The Morgan fingerprint density at radius 2 is 1.21 bits per heavy atom. The fourth-order valence-corrected chi connectivity index (χ4v) is 5.24.